The average molecular weight is 376 g/mol. The van der Waals surface area contributed by atoms with Crippen molar-refractivity contribution in [3.63, 3.8) is 0 Å². The van der Waals surface area contributed by atoms with Gasteiger partial charge >= 0.3 is 0 Å². The van der Waals surface area contributed by atoms with Gasteiger partial charge in [0.25, 0.3) is 5.91 Å². The lowest BCUT2D eigenvalue weighted by molar-refractivity contribution is 0.0955. The van der Waals surface area contributed by atoms with Crippen LogP contribution in [0, 0.1) is 13.8 Å². The van der Waals surface area contributed by atoms with E-state index in [1.54, 1.807) is 31.4 Å². The van der Waals surface area contributed by atoms with Crippen LogP contribution in [-0.2, 0) is 10.0 Å². The van der Waals surface area contributed by atoms with Gasteiger partial charge in [-0.2, -0.15) is 0 Å². The molecule has 0 saturated heterocycles. The fourth-order valence-electron chi connectivity index (χ4n) is 2.70. The second kappa shape index (κ2) is 8.23. The molecular weight excluding hydrogens is 352 g/mol. The topological polar surface area (TPSA) is 75.7 Å². The molecular formula is C19H24N2O4S. The monoisotopic (exact) mass is 376 g/mol. The Labute approximate surface area is 154 Å². The Morgan fingerprint density at radius 3 is 2.15 bits per heavy atom. The number of methoxy groups -OCH3 is 1. The summed E-state index contributed by atoms with van der Waals surface area (Å²) >= 11 is 0. The summed E-state index contributed by atoms with van der Waals surface area (Å²) in [4.78, 5) is 12.2. The smallest absolute Gasteiger partial charge is 0.251 e. The first-order valence-electron chi connectivity index (χ1n) is 8.19. The number of carbonyl (C=O) groups excluding carboxylic acids is 1. The number of nitrogens with zero attached hydrogens (tertiary/aromatic N) is 1. The van der Waals surface area contributed by atoms with E-state index in [0.29, 0.717) is 17.0 Å². The minimum absolute atomic E-state index is 0.156. The predicted molar refractivity (Wildman–Crippen MR) is 103 cm³/mol. The molecule has 0 aliphatic rings. The van der Waals surface area contributed by atoms with Gasteiger partial charge in [0.05, 0.1) is 25.6 Å². The normalized spacial score (nSPS) is 11.1. The maximum Gasteiger partial charge on any atom is 0.251 e. The van der Waals surface area contributed by atoms with Crippen molar-refractivity contribution >= 4 is 21.6 Å². The van der Waals surface area contributed by atoms with Crippen molar-refractivity contribution in [2.24, 2.45) is 0 Å². The molecule has 0 unspecified atom stereocenters. The highest BCUT2D eigenvalue weighted by Gasteiger charge is 2.18. The number of carbonyl (C=O) groups is 1. The molecule has 1 amide bonds. The highest BCUT2D eigenvalue weighted by molar-refractivity contribution is 7.92. The second-order valence-electron chi connectivity index (χ2n) is 6.17. The van der Waals surface area contributed by atoms with Gasteiger partial charge in [-0.3, -0.25) is 9.10 Å². The van der Waals surface area contributed by atoms with Crippen LogP contribution in [0.5, 0.6) is 5.75 Å². The van der Waals surface area contributed by atoms with Crippen molar-refractivity contribution in [2.45, 2.75) is 13.8 Å². The number of sulfonamides is 1. The van der Waals surface area contributed by atoms with E-state index in [1.165, 1.54) is 4.31 Å². The summed E-state index contributed by atoms with van der Waals surface area (Å²) in [7, 11) is -1.90. The maximum atomic E-state index is 12.2. The zero-order valence-corrected chi connectivity index (χ0v) is 16.3. The Hall–Kier alpha value is -2.54. The predicted octanol–water partition coefficient (Wildman–Crippen LogP) is 2.51. The Morgan fingerprint density at radius 1 is 1.08 bits per heavy atom. The number of rotatable bonds is 7. The minimum Gasteiger partial charge on any atom is -0.497 e. The summed E-state index contributed by atoms with van der Waals surface area (Å²) in [5, 5.41) is 2.75. The summed E-state index contributed by atoms with van der Waals surface area (Å²) in [6.45, 7) is 4.19. The summed E-state index contributed by atoms with van der Waals surface area (Å²) in [6, 6.07) is 12.3. The second-order valence-corrected chi connectivity index (χ2v) is 8.07. The van der Waals surface area contributed by atoms with Crippen LogP contribution in [0.2, 0.25) is 0 Å². The molecule has 2 rings (SSSR count). The molecule has 0 fully saturated rings. The molecule has 0 aliphatic heterocycles. The van der Waals surface area contributed by atoms with Gasteiger partial charge in [-0.15, -0.1) is 0 Å². The lowest BCUT2D eigenvalue weighted by Crippen LogP contribution is -2.38. The van der Waals surface area contributed by atoms with Gasteiger partial charge in [0.2, 0.25) is 10.0 Å². The highest BCUT2D eigenvalue weighted by Crippen LogP contribution is 2.21. The molecule has 0 aromatic heterocycles. The number of amides is 1. The van der Waals surface area contributed by atoms with Crippen LogP contribution in [0.4, 0.5) is 5.69 Å². The quantitative estimate of drug-likeness (QED) is 0.806. The van der Waals surface area contributed by atoms with Crippen molar-refractivity contribution in [2.75, 3.05) is 30.8 Å². The lowest BCUT2D eigenvalue weighted by Gasteiger charge is -2.23. The number of hydrogen-bond donors (Lipinski definition) is 1. The number of anilines is 1. The summed E-state index contributed by atoms with van der Waals surface area (Å²) in [5.41, 5.74) is 3.05. The Bertz CT molecular complexity index is 857. The van der Waals surface area contributed by atoms with Crippen molar-refractivity contribution in [1.29, 1.82) is 0 Å². The van der Waals surface area contributed by atoms with Crippen molar-refractivity contribution in [3.8, 4) is 5.75 Å². The molecule has 0 saturated carbocycles. The molecule has 1 N–H and O–H groups in total. The molecule has 2 aromatic rings. The molecule has 0 aliphatic carbocycles. The van der Waals surface area contributed by atoms with Crippen molar-refractivity contribution in [1.82, 2.24) is 5.32 Å². The third-order valence-electron chi connectivity index (χ3n) is 3.85. The molecule has 140 valence electrons. The Kier molecular flexibility index (Phi) is 6.26. The molecule has 0 atom stereocenters. The number of aryl methyl sites for hydroxylation is 2. The van der Waals surface area contributed by atoms with E-state index in [9.17, 15) is 13.2 Å². The van der Waals surface area contributed by atoms with Gasteiger partial charge in [-0.05, 0) is 61.4 Å². The summed E-state index contributed by atoms with van der Waals surface area (Å²) in [5.74, 6) is 0.404. The molecule has 2 aromatic carbocycles. The standard InChI is InChI=1S/C19H24N2O4S/c1-14-11-15(2)13-17(12-14)21(26(4,23)24)10-9-20-19(22)16-5-7-18(25-3)8-6-16/h5-8,11-13H,9-10H2,1-4H3,(H,20,22). The van der Waals surface area contributed by atoms with Crippen LogP contribution in [0.1, 0.15) is 21.5 Å². The molecule has 0 heterocycles. The van der Waals surface area contributed by atoms with Crippen LogP contribution in [0.25, 0.3) is 0 Å². The molecule has 26 heavy (non-hydrogen) atoms. The highest BCUT2D eigenvalue weighted by atomic mass is 32.2. The Morgan fingerprint density at radius 2 is 1.65 bits per heavy atom. The molecule has 7 heteroatoms. The fraction of sp³-hybridized carbons (Fsp3) is 0.316. The van der Waals surface area contributed by atoms with Gasteiger partial charge in [0.1, 0.15) is 5.75 Å². The van der Waals surface area contributed by atoms with E-state index in [4.69, 9.17) is 4.74 Å². The number of ether oxygens (including phenoxy) is 1. The van der Waals surface area contributed by atoms with E-state index < -0.39 is 10.0 Å². The SMILES string of the molecule is COc1ccc(C(=O)NCCN(c2cc(C)cc(C)c2)S(C)(=O)=O)cc1. The van der Waals surface area contributed by atoms with Crippen LogP contribution < -0.4 is 14.4 Å². The molecule has 0 radical (unpaired) electrons. The number of nitrogens with one attached hydrogen (secondary N) is 1. The van der Waals surface area contributed by atoms with E-state index in [-0.39, 0.29) is 19.0 Å². The minimum atomic E-state index is -3.46. The van der Waals surface area contributed by atoms with Crippen LogP contribution >= 0.6 is 0 Å². The van der Waals surface area contributed by atoms with Gasteiger partial charge in [-0.25, -0.2) is 8.42 Å². The molecule has 0 bridgehead atoms. The largest absolute Gasteiger partial charge is 0.497 e. The summed E-state index contributed by atoms with van der Waals surface area (Å²) in [6.07, 6.45) is 1.16. The van der Waals surface area contributed by atoms with E-state index in [2.05, 4.69) is 5.32 Å². The molecule has 6 nitrogen and oxygen atoms in total. The number of benzene rings is 2. The fourth-order valence-corrected chi connectivity index (χ4v) is 3.61. The number of hydrogen-bond acceptors (Lipinski definition) is 4. The first-order chi connectivity index (χ1) is 12.2. The average Bonchev–Trinajstić information content (AvgIpc) is 2.56. The molecule has 0 spiro atoms. The summed E-state index contributed by atoms with van der Waals surface area (Å²) < 4.78 is 30.7. The van der Waals surface area contributed by atoms with Gasteiger partial charge < -0.3 is 10.1 Å². The third-order valence-corrected chi connectivity index (χ3v) is 5.04. The van der Waals surface area contributed by atoms with Crippen LogP contribution in [0.3, 0.4) is 0 Å². The maximum absolute atomic E-state index is 12.2. The first kappa shape index (κ1) is 19.8. The van der Waals surface area contributed by atoms with Crippen molar-refractivity contribution in [3.05, 3.63) is 59.2 Å². The van der Waals surface area contributed by atoms with Crippen molar-refractivity contribution < 1.29 is 17.9 Å². The first-order valence-corrected chi connectivity index (χ1v) is 10.0. The van der Waals surface area contributed by atoms with Gasteiger partial charge in [0.15, 0.2) is 0 Å². The van der Waals surface area contributed by atoms with Gasteiger partial charge in [0, 0.05) is 12.1 Å². The van der Waals surface area contributed by atoms with Crippen LogP contribution in [0.15, 0.2) is 42.5 Å². The lowest BCUT2D eigenvalue weighted by atomic mass is 10.1. The zero-order chi connectivity index (χ0) is 19.3. The van der Waals surface area contributed by atoms with E-state index >= 15 is 0 Å². The Balaban J connectivity index is 2.06. The third kappa shape index (κ3) is 5.23. The van der Waals surface area contributed by atoms with Gasteiger partial charge in [-0.1, -0.05) is 6.07 Å². The van der Waals surface area contributed by atoms with E-state index in [0.717, 1.165) is 17.4 Å². The van der Waals surface area contributed by atoms with E-state index in [1.807, 2.05) is 32.0 Å². The van der Waals surface area contributed by atoms with Crippen LogP contribution in [-0.4, -0.2) is 40.8 Å². The zero-order valence-electron chi connectivity index (χ0n) is 15.4.